The van der Waals surface area contributed by atoms with E-state index in [1.54, 1.807) is 12.1 Å². The summed E-state index contributed by atoms with van der Waals surface area (Å²) < 4.78 is 11.9. The summed E-state index contributed by atoms with van der Waals surface area (Å²) in [7, 11) is 0. The maximum absolute atomic E-state index is 5.87. The predicted octanol–water partition coefficient (Wildman–Crippen LogP) is 5.29. The molecule has 23 heavy (non-hydrogen) atoms. The second-order valence-electron chi connectivity index (χ2n) is 4.93. The topological polar surface area (TPSA) is 48.2 Å². The Kier molecular flexibility index (Phi) is 4.98. The molecule has 2 aromatic carbocycles. The van der Waals surface area contributed by atoms with Gasteiger partial charge >= 0.3 is 0 Å². The molecule has 118 valence electrons. The molecule has 1 heterocycles. The summed E-state index contributed by atoms with van der Waals surface area (Å²) in [6.45, 7) is 2.32. The lowest BCUT2D eigenvalue weighted by Crippen LogP contribution is -1.97. The van der Waals surface area contributed by atoms with Crippen LogP contribution in [0.15, 0.2) is 51.5 Å². The minimum atomic E-state index is 0.213. The van der Waals surface area contributed by atoms with Crippen molar-refractivity contribution < 1.29 is 9.26 Å². The Morgan fingerprint density at radius 3 is 2.65 bits per heavy atom. The monoisotopic (exact) mass is 392 g/mol. The first-order valence-electron chi connectivity index (χ1n) is 7.15. The number of hydrogen-bond acceptors (Lipinski definition) is 4. The number of aryl methyl sites for hydroxylation is 1. The van der Waals surface area contributed by atoms with Gasteiger partial charge in [0.15, 0.2) is 6.61 Å². The lowest BCUT2D eigenvalue weighted by molar-refractivity contribution is 0.241. The standard InChI is InChI=1S/C17H14BrClN2O2/c1-2-11-3-8-15(14(18)9-11)22-10-16-20-17(21-23-16)12-4-6-13(19)7-5-12/h3-9H,2,10H2,1H3. The molecule has 0 unspecified atom stereocenters. The highest BCUT2D eigenvalue weighted by atomic mass is 79.9. The SMILES string of the molecule is CCc1ccc(OCc2nc(-c3ccc(Cl)cc3)no2)c(Br)c1. The summed E-state index contributed by atoms with van der Waals surface area (Å²) >= 11 is 9.38. The minimum absolute atomic E-state index is 0.213. The van der Waals surface area contributed by atoms with Gasteiger partial charge in [0.2, 0.25) is 5.82 Å². The molecule has 3 rings (SSSR count). The van der Waals surface area contributed by atoms with Gasteiger partial charge < -0.3 is 9.26 Å². The maximum Gasteiger partial charge on any atom is 0.264 e. The number of aromatic nitrogens is 2. The van der Waals surface area contributed by atoms with Crippen LogP contribution in [-0.4, -0.2) is 10.1 Å². The van der Waals surface area contributed by atoms with E-state index in [0.29, 0.717) is 16.7 Å². The molecule has 0 aliphatic carbocycles. The summed E-state index contributed by atoms with van der Waals surface area (Å²) in [5, 5.41) is 4.63. The summed E-state index contributed by atoms with van der Waals surface area (Å²) in [6, 6.07) is 13.3. The van der Waals surface area contributed by atoms with Crippen molar-refractivity contribution >= 4 is 27.5 Å². The van der Waals surface area contributed by atoms with E-state index in [9.17, 15) is 0 Å². The van der Waals surface area contributed by atoms with Crippen molar-refractivity contribution in [3.63, 3.8) is 0 Å². The maximum atomic E-state index is 5.87. The molecule has 0 atom stereocenters. The molecule has 3 aromatic rings. The van der Waals surface area contributed by atoms with Crippen LogP contribution in [0.1, 0.15) is 18.4 Å². The third-order valence-corrected chi connectivity index (χ3v) is 4.20. The Morgan fingerprint density at radius 2 is 1.96 bits per heavy atom. The molecule has 0 saturated carbocycles. The second kappa shape index (κ2) is 7.15. The molecule has 1 aromatic heterocycles. The van der Waals surface area contributed by atoms with Crippen LogP contribution < -0.4 is 4.74 Å². The third kappa shape index (κ3) is 3.92. The van der Waals surface area contributed by atoms with E-state index in [1.807, 2.05) is 30.3 Å². The third-order valence-electron chi connectivity index (χ3n) is 3.33. The molecule has 0 amide bonds. The lowest BCUT2D eigenvalue weighted by atomic mass is 10.2. The van der Waals surface area contributed by atoms with Crippen LogP contribution in [0.2, 0.25) is 5.02 Å². The van der Waals surface area contributed by atoms with E-state index in [1.165, 1.54) is 5.56 Å². The van der Waals surface area contributed by atoms with Crippen LogP contribution in [0.25, 0.3) is 11.4 Å². The fourth-order valence-corrected chi connectivity index (χ4v) is 2.72. The Bertz CT molecular complexity index is 803. The minimum Gasteiger partial charge on any atom is -0.483 e. The van der Waals surface area contributed by atoms with E-state index < -0.39 is 0 Å². The van der Waals surface area contributed by atoms with Crippen LogP contribution in [0.5, 0.6) is 5.75 Å². The molecular formula is C17H14BrClN2O2. The fourth-order valence-electron chi connectivity index (χ4n) is 2.05. The number of halogens is 2. The Morgan fingerprint density at radius 1 is 1.17 bits per heavy atom. The zero-order chi connectivity index (χ0) is 16.2. The average molecular weight is 394 g/mol. The molecule has 0 aliphatic heterocycles. The first kappa shape index (κ1) is 16.0. The number of hydrogen-bond donors (Lipinski definition) is 0. The number of benzene rings is 2. The number of ether oxygens (including phenoxy) is 1. The summed E-state index contributed by atoms with van der Waals surface area (Å²) in [6.07, 6.45) is 0.979. The zero-order valence-electron chi connectivity index (χ0n) is 12.4. The van der Waals surface area contributed by atoms with Gasteiger partial charge in [-0.3, -0.25) is 0 Å². The van der Waals surface area contributed by atoms with E-state index in [0.717, 1.165) is 22.2 Å². The molecule has 0 saturated heterocycles. The van der Waals surface area contributed by atoms with Gasteiger partial charge in [-0.1, -0.05) is 29.7 Å². The highest BCUT2D eigenvalue weighted by molar-refractivity contribution is 9.10. The van der Waals surface area contributed by atoms with Crippen molar-refractivity contribution in [2.45, 2.75) is 20.0 Å². The highest BCUT2D eigenvalue weighted by Gasteiger charge is 2.10. The van der Waals surface area contributed by atoms with E-state index in [2.05, 4.69) is 33.0 Å². The van der Waals surface area contributed by atoms with E-state index >= 15 is 0 Å². The smallest absolute Gasteiger partial charge is 0.264 e. The summed E-state index contributed by atoms with van der Waals surface area (Å²) in [5.74, 6) is 1.68. The molecular weight excluding hydrogens is 380 g/mol. The van der Waals surface area contributed by atoms with E-state index in [-0.39, 0.29) is 6.61 Å². The quantitative estimate of drug-likeness (QED) is 0.590. The van der Waals surface area contributed by atoms with Crippen LogP contribution in [-0.2, 0) is 13.0 Å². The first-order valence-corrected chi connectivity index (χ1v) is 8.32. The average Bonchev–Trinajstić information content (AvgIpc) is 3.03. The Labute approximate surface area is 147 Å². The second-order valence-corrected chi connectivity index (χ2v) is 6.22. The van der Waals surface area contributed by atoms with Gasteiger partial charge in [0, 0.05) is 10.6 Å². The Balaban J connectivity index is 1.69. The van der Waals surface area contributed by atoms with E-state index in [4.69, 9.17) is 20.9 Å². The van der Waals surface area contributed by atoms with Crippen molar-refractivity contribution in [3.8, 4) is 17.1 Å². The molecule has 0 fully saturated rings. The lowest BCUT2D eigenvalue weighted by Gasteiger charge is -2.07. The van der Waals surface area contributed by atoms with Gasteiger partial charge in [-0.2, -0.15) is 4.98 Å². The molecule has 0 N–H and O–H groups in total. The van der Waals surface area contributed by atoms with Crippen LogP contribution in [0.3, 0.4) is 0 Å². The van der Waals surface area contributed by atoms with Gasteiger partial charge in [-0.15, -0.1) is 0 Å². The number of rotatable bonds is 5. The molecule has 0 bridgehead atoms. The van der Waals surface area contributed by atoms with Crippen LogP contribution in [0.4, 0.5) is 0 Å². The predicted molar refractivity (Wildman–Crippen MR) is 92.6 cm³/mol. The van der Waals surface area contributed by atoms with Crippen molar-refractivity contribution in [1.29, 1.82) is 0 Å². The largest absolute Gasteiger partial charge is 0.483 e. The fraction of sp³-hybridized carbons (Fsp3) is 0.176. The summed E-state index contributed by atoms with van der Waals surface area (Å²) in [5.41, 5.74) is 2.09. The van der Waals surface area contributed by atoms with Crippen molar-refractivity contribution in [2.24, 2.45) is 0 Å². The van der Waals surface area contributed by atoms with Gasteiger partial charge in [0.05, 0.1) is 4.47 Å². The zero-order valence-corrected chi connectivity index (χ0v) is 14.8. The normalized spacial score (nSPS) is 10.7. The van der Waals surface area contributed by atoms with Crippen molar-refractivity contribution in [1.82, 2.24) is 10.1 Å². The molecule has 0 radical (unpaired) electrons. The number of nitrogens with zero attached hydrogens (tertiary/aromatic N) is 2. The molecule has 4 nitrogen and oxygen atoms in total. The highest BCUT2D eigenvalue weighted by Crippen LogP contribution is 2.27. The van der Waals surface area contributed by atoms with Crippen LogP contribution in [0, 0.1) is 0 Å². The molecule has 0 spiro atoms. The summed E-state index contributed by atoms with van der Waals surface area (Å²) in [4.78, 5) is 4.33. The molecule has 0 aliphatic rings. The van der Waals surface area contributed by atoms with Crippen molar-refractivity contribution in [3.05, 3.63) is 63.4 Å². The molecule has 6 heteroatoms. The van der Waals surface area contributed by atoms with Gasteiger partial charge in [-0.25, -0.2) is 0 Å². The van der Waals surface area contributed by atoms with Gasteiger partial charge in [0.1, 0.15) is 5.75 Å². The first-order chi connectivity index (χ1) is 11.2. The van der Waals surface area contributed by atoms with Gasteiger partial charge in [0.25, 0.3) is 5.89 Å². The van der Waals surface area contributed by atoms with Gasteiger partial charge in [-0.05, 0) is 64.3 Å². The Hall–Kier alpha value is -1.85. The van der Waals surface area contributed by atoms with Crippen LogP contribution >= 0.6 is 27.5 Å². The van der Waals surface area contributed by atoms with Crippen molar-refractivity contribution in [2.75, 3.05) is 0 Å².